The second-order valence-electron chi connectivity index (χ2n) is 12.7. The first kappa shape index (κ1) is 26.4. The van der Waals surface area contributed by atoms with E-state index in [0.29, 0.717) is 5.95 Å². The van der Waals surface area contributed by atoms with Gasteiger partial charge in [-0.15, -0.1) is 0 Å². The Balaban J connectivity index is 1.19. The molecular formula is C44H27N5. The third-order valence-corrected chi connectivity index (χ3v) is 10.0. The summed E-state index contributed by atoms with van der Waals surface area (Å²) in [4.78, 5) is 10.5. The van der Waals surface area contributed by atoms with Crippen LogP contribution in [0.2, 0.25) is 0 Å². The van der Waals surface area contributed by atoms with Crippen molar-refractivity contribution in [1.82, 2.24) is 23.5 Å². The van der Waals surface area contributed by atoms with Gasteiger partial charge in [0.1, 0.15) is 5.65 Å². The summed E-state index contributed by atoms with van der Waals surface area (Å²) in [5.74, 6) is 0.651. The van der Waals surface area contributed by atoms with Crippen molar-refractivity contribution >= 4 is 71.1 Å². The standard InChI is InChI=1S/C44H27N5/c1-2-12-29-25-31(22-21-28(29)11-1)43-35-15-3-6-16-36(35)45-44(46-43)49-40-20-10-9-19-39(40)48-41-27-32(24-23-30(41)26-42(48)49)47-37-17-7-4-13-33(37)34-14-5-8-18-38(34)47/h1-27H. The average Bonchev–Trinajstić information content (AvgIpc) is 3.81. The van der Waals surface area contributed by atoms with Crippen molar-refractivity contribution in [3.05, 3.63) is 164 Å². The largest absolute Gasteiger partial charge is 0.309 e. The summed E-state index contributed by atoms with van der Waals surface area (Å²) in [6.45, 7) is 0. The van der Waals surface area contributed by atoms with Crippen molar-refractivity contribution in [2.75, 3.05) is 0 Å². The maximum Gasteiger partial charge on any atom is 0.237 e. The molecule has 7 aromatic carbocycles. The van der Waals surface area contributed by atoms with E-state index in [9.17, 15) is 0 Å². The molecule has 11 aromatic rings. The number of aromatic nitrogens is 5. The molecule has 0 amide bonds. The molecule has 4 heterocycles. The molecule has 0 fully saturated rings. The Morgan fingerprint density at radius 1 is 0.388 bits per heavy atom. The first-order valence-corrected chi connectivity index (χ1v) is 16.6. The van der Waals surface area contributed by atoms with Crippen LogP contribution in [0.25, 0.3) is 94.0 Å². The molecule has 0 aliphatic carbocycles. The predicted octanol–water partition coefficient (Wildman–Crippen LogP) is 10.9. The summed E-state index contributed by atoms with van der Waals surface area (Å²) >= 11 is 0. The van der Waals surface area contributed by atoms with Gasteiger partial charge in [-0.3, -0.25) is 8.97 Å². The highest BCUT2D eigenvalue weighted by Crippen LogP contribution is 2.37. The Bertz CT molecular complexity index is 3070. The Morgan fingerprint density at radius 2 is 1.02 bits per heavy atom. The third kappa shape index (κ3) is 3.75. The third-order valence-electron chi connectivity index (χ3n) is 10.0. The summed E-state index contributed by atoms with van der Waals surface area (Å²) in [5, 5.41) is 7.11. The van der Waals surface area contributed by atoms with E-state index in [2.05, 4.69) is 171 Å². The Hall–Kier alpha value is -6.72. The quantitative estimate of drug-likeness (QED) is 0.196. The Labute approximate surface area is 280 Å². The van der Waals surface area contributed by atoms with Crippen molar-refractivity contribution in [1.29, 1.82) is 0 Å². The minimum atomic E-state index is 0.651. The molecule has 0 spiro atoms. The van der Waals surface area contributed by atoms with Gasteiger partial charge >= 0.3 is 0 Å². The molecule has 0 N–H and O–H groups in total. The van der Waals surface area contributed by atoms with Crippen LogP contribution in [-0.4, -0.2) is 23.5 Å². The monoisotopic (exact) mass is 625 g/mol. The zero-order valence-corrected chi connectivity index (χ0v) is 26.3. The average molecular weight is 626 g/mol. The van der Waals surface area contributed by atoms with Crippen LogP contribution in [0.4, 0.5) is 0 Å². The normalized spacial score (nSPS) is 12.1. The van der Waals surface area contributed by atoms with Crippen molar-refractivity contribution in [3.8, 4) is 22.9 Å². The molecule has 11 rings (SSSR count). The van der Waals surface area contributed by atoms with E-state index < -0.39 is 0 Å². The molecule has 5 heteroatoms. The van der Waals surface area contributed by atoms with E-state index in [1.54, 1.807) is 0 Å². The molecule has 49 heavy (non-hydrogen) atoms. The molecule has 0 aliphatic rings. The topological polar surface area (TPSA) is 40.0 Å². The lowest BCUT2D eigenvalue weighted by Crippen LogP contribution is -2.03. The number of rotatable bonds is 3. The molecule has 0 radical (unpaired) electrons. The van der Waals surface area contributed by atoms with Gasteiger partial charge in [-0.05, 0) is 65.4 Å². The van der Waals surface area contributed by atoms with E-state index in [1.807, 2.05) is 6.07 Å². The highest BCUT2D eigenvalue weighted by molar-refractivity contribution is 6.09. The number of fused-ring (bicyclic) bond motifs is 10. The summed E-state index contributed by atoms with van der Waals surface area (Å²) < 4.78 is 6.95. The first-order valence-electron chi connectivity index (χ1n) is 16.6. The highest BCUT2D eigenvalue weighted by Gasteiger charge is 2.20. The molecule has 4 aromatic heterocycles. The Morgan fingerprint density at radius 3 is 1.82 bits per heavy atom. The van der Waals surface area contributed by atoms with E-state index in [4.69, 9.17) is 9.97 Å². The number of hydrogen-bond acceptors (Lipinski definition) is 2. The molecule has 0 aliphatic heterocycles. The summed E-state index contributed by atoms with van der Waals surface area (Å²) in [6.07, 6.45) is 0. The van der Waals surface area contributed by atoms with Crippen LogP contribution in [-0.2, 0) is 0 Å². The SMILES string of the molecule is c1ccc2cc(-c3nc(-n4c5ccccc5n5c6cc(-n7c8ccccc8c8ccccc87)ccc6cc45)nc4ccccc34)ccc2c1. The molecule has 0 bridgehead atoms. The van der Waals surface area contributed by atoms with Crippen LogP contribution in [0.1, 0.15) is 0 Å². The van der Waals surface area contributed by atoms with E-state index in [0.717, 1.165) is 55.4 Å². The molecule has 0 unspecified atom stereocenters. The first-order chi connectivity index (χ1) is 24.3. The van der Waals surface area contributed by atoms with Crippen LogP contribution < -0.4 is 0 Å². The Kier molecular flexibility index (Phi) is 5.32. The van der Waals surface area contributed by atoms with Gasteiger partial charge in [-0.1, -0.05) is 109 Å². The molecule has 0 saturated carbocycles. The smallest absolute Gasteiger partial charge is 0.237 e. The van der Waals surface area contributed by atoms with E-state index in [-0.39, 0.29) is 0 Å². The van der Waals surface area contributed by atoms with Gasteiger partial charge in [0.25, 0.3) is 0 Å². The molecular weight excluding hydrogens is 599 g/mol. The van der Waals surface area contributed by atoms with Crippen molar-refractivity contribution in [2.45, 2.75) is 0 Å². The highest BCUT2D eigenvalue weighted by atomic mass is 15.2. The van der Waals surface area contributed by atoms with Crippen molar-refractivity contribution in [3.63, 3.8) is 0 Å². The van der Waals surface area contributed by atoms with Crippen LogP contribution in [0, 0.1) is 0 Å². The summed E-state index contributed by atoms with van der Waals surface area (Å²) in [6, 6.07) is 58.3. The van der Waals surface area contributed by atoms with Crippen molar-refractivity contribution < 1.29 is 0 Å². The molecule has 5 nitrogen and oxygen atoms in total. The van der Waals surface area contributed by atoms with Gasteiger partial charge in [0.05, 0.1) is 38.8 Å². The summed E-state index contributed by atoms with van der Waals surface area (Å²) in [7, 11) is 0. The summed E-state index contributed by atoms with van der Waals surface area (Å²) in [5.41, 5.74) is 10.8. The number of benzene rings is 7. The lowest BCUT2D eigenvalue weighted by molar-refractivity contribution is 1.00. The number of nitrogens with zero attached hydrogens (tertiary/aromatic N) is 5. The molecule has 0 atom stereocenters. The zero-order chi connectivity index (χ0) is 32.1. The number of para-hydroxylation sites is 5. The van der Waals surface area contributed by atoms with Crippen molar-refractivity contribution in [2.24, 2.45) is 0 Å². The predicted molar refractivity (Wildman–Crippen MR) is 202 cm³/mol. The van der Waals surface area contributed by atoms with Crippen LogP contribution in [0.5, 0.6) is 0 Å². The minimum absolute atomic E-state index is 0.651. The van der Waals surface area contributed by atoms with Gasteiger partial charge in [-0.25, -0.2) is 9.97 Å². The van der Waals surface area contributed by atoms with Gasteiger partial charge in [0.15, 0.2) is 0 Å². The van der Waals surface area contributed by atoms with Crippen LogP contribution in [0.15, 0.2) is 164 Å². The fraction of sp³-hybridized carbons (Fsp3) is 0. The second-order valence-corrected chi connectivity index (χ2v) is 12.7. The second kappa shape index (κ2) is 9.89. The van der Waals surface area contributed by atoms with Gasteiger partial charge in [-0.2, -0.15) is 0 Å². The van der Waals surface area contributed by atoms with Crippen LogP contribution in [0.3, 0.4) is 0 Å². The number of hydrogen-bond donors (Lipinski definition) is 0. The number of imidazole rings is 1. The van der Waals surface area contributed by atoms with Crippen LogP contribution >= 0.6 is 0 Å². The maximum atomic E-state index is 5.35. The lowest BCUT2D eigenvalue weighted by atomic mass is 10.0. The fourth-order valence-electron chi connectivity index (χ4n) is 7.83. The lowest BCUT2D eigenvalue weighted by Gasteiger charge is -2.11. The molecule has 228 valence electrons. The van der Waals surface area contributed by atoms with E-state index in [1.165, 1.54) is 32.6 Å². The zero-order valence-electron chi connectivity index (χ0n) is 26.3. The van der Waals surface area contributed by atoms with Gasteiger partial charge < -0.3 is 4.57 Å². The molecule has 0 saturated heterocycles. The van der Waals surface area contributed by atoms with E-state index >= 15 is 0 Å². The van der Waals surface area contributed by atoms with Gasteiger partial charge in [0.2, 0.25) is 5.95 Å². The minimum Gasteiger partial charge on any atom is -0.309 e. The maximum absolute atomic E-state index is 5.35. The fourth-order valence-corrected chi connectivity index (χ4v) is 7.83. The van der Waals surface area contributed by atoms with Gasteiger partial charge in [0, 0.05) is 32.8 Å².